The Kier molecular flexibility index (Phi) is 4.35. The van der Waals surface area contributed by atoms with Crippen molar-refractivity contribution in [2.24, 2.45) is 0 Å². The lowest BCUT2D eigenvalue weighted by molar-refractivity contribution is -0.210. The molecule has 3 rings (SSSR count). The van der Waals surface area contributed by atoms with E-state index in [9.17, 15) is 18.7 Å². The molecule has 1 aromatic heterocycles. The van der Waals surface area contributed by atoms with Crippen molar-refractivity contribution in [3.8, 4) is 0 Å². The van der Waals surface area contributed by atoms with Crippen molar-refractivity contribution in [3.63, 3.8) is 0 Å². The van der Waals surface area contributed by atoms with Crippen LogP contribution < -0.4 is 0 Å². The smallest absolute Gasteiger partial charge is 0.352 e. The first kappa shape index (κ1) is 16.3. The predicted molar refractivity (Wildman–Crippen MR) is 77.7 cm³/mol. The summed E-state index contributed by atoms with van der Waals surface area (Å²) in [6, 6.07) is -0.331. The van der Waals surface area contributed by atoms with Crippen LogP contribution >= 0.6 is 0 Å². The summed E-state index contributed by atoms with van der Waals surface area (Å²) in [5, 5.41) is 17.9. The third kappa shape index (κ3) is 2.96. The van der Waals surface area contributed by atoms with E-state index in [0.29, 0.717) is 38.8 Å². The second-order valence-corrected chi connectivity index (χ2v) is 6.59. The molecule has 2 fully saturated rings. The number of amides is 1. The van der Waals surface area contributed by atoms with Gasteiger partial charge in [0.15, 0.2) is 0 Å². The standard InChI is InChI=1S/C15H22F2N4O2/c16-15(17,14(23)6-2-1-3-7-14)13(22)21-9-4-5-12(21)11-20-10-8-18-19-20/h8,10,12,23H,1-7,9,11H2/t12-/m0/s1. The minimum atomic E-state index is -3.74. The molecular weight excluding hydrogens is 306 g/mol. The molecule has 1 N–H and O–H groups in total. The fraction of sp³-hybridized carbons (Fsp3) is 0.800. The van der Waals surface area contributed by atoms with Crippen molar-refractivity contribution in [1.29, 1.82) is 0 Å². The van der Waals surface area contributed by atoms with Crippen molar-refractivity contribution < 1.29 is 18.7 Å². The monoisotopic (exact) mass is 328 g/mol. The largest absolute Gasteiger partial charge is 0.383 e. The SMILES string of the molecule is O=C(N1CCC[C@H]1Cn1ccnn1)C(F)(F)C1(O)CCCCC1. The van der Waals surface area contributed by atoms with Gasteiger partial charge in [-0.25, -0.2) is 0 Å². The fourth-order valence-corrected chi connectivity index (χ4v) is 3.67. The summed E-state index contributed by atoms with van der Waals surface area (Å²) < 4.78 is 31.0. The normalized spacial score (nSPS) is 24.8. The fourth-order valence-electron chi connectivity index (χ4n) is 3.67. The molecule has 23 heavy (non-hydrogen) atoms. The molecule has 1 aromatic rings. The molecule has 1 amide bonds. The third-order valence-corrected chi connectivity index (χ3v) is 5.04. The highest BCUT2D eigenvalue weighted by Gasteiger charge is 2.60. The van der Waals surface area contributed by atoms with E-state index >= 15 is 0 Å². The van der Waals surface area contributed by atoms with Crippen LogP contribution in [0.5, 0.6) is 0 Å². The zero-order chi connectivity index (χ0) is 16.5. The van der Waals surface area contributed by atoms with Gasteiger partial charge in [-0.3, -0.25) is 9.48 Å². The number of carbonyl (C=O) groups is 1. The molecule has 1 saturated heterocycles. The number of halogens is 2. The molecule has 0 aromatic carbocycles. The number of hydrogen-bond donors (Lipinski definition) is 1. The molecule has 1 aliphatic carbocycles. The highest BCUT2D eigenvalue weighted by Crippen LogP contribution is 2.42. The number of nitrogens with zero attached hydrogens (tertiary/aromatic N) is 4. The molecule has 0 radical (unpaired) electrons. The summed E-state index contributed by atoms with van der Waals surface area (Å²) in [4.78, 5) is 13.7. The lowest BCUT2D eigenvalue weighted by Crippen LogP contribution is -2.59. The van der Waals surface area contributed by atoms with Crippen LogP contribution in [-0.2, 0) is 11.3 Å². The second kappa shape index (κ2) is 6.14. The van der Waals surface area contributed by atoms with Gasteiger partial charge in [0.1, 0.15) is 5.60 Å². The third-order valence-electron chi connectivity index (χ3n) is 5.04. The summed E-state index contributed by atoms with van der Waals surface area (Å²) in [5.74, 6) is -4.98. The number of aromatic nitrogens is 3. The molecule has 1 atom stereocenters. The van der Waals surface area contributed by atoms with Crippen LogP contribution in [0.2, 0.25) is 0 Å². The highest BCUT2D eigenvalue weighted by atomic mass is 19.3. The molecule has 2 aliphatic rings. The zero-order valence-electron chi connectivity index (χ0n) is 13.0. The van der Waals surface area contributed by atoms with Gasteiger partial charge in [-0.15, -0.1) is 5.10 Å². The Morgan fingerprint density at radius 1 is 1.30 bits per heavy atom. The minimum Gasteiger partial charge on any atom is -0.383 e. The Balaban J connectivity index is 1.74. The summed E-state index contributed by atoms with van der Waals surface area (Å²) in [5.41, 5.74) is -2.21. The number of aliphatic hydroxyl groups is 1. The first-order valence-electron chi connectivity index (χ1n) is 8.19. The van der Waals surface area contributed by atoms with Gasteiger partial charge < -0.3 is 10.0 Å². The molecule has 1 aliphatic heterocycles. The van der Waals surface area contributed by atoms with E-state index in [1.807, 2.05) is 0 Å². The lowest BCUT2D eigenvalue weighted by Gasteiger charge is -2.40. The van der Waals surface area contributed by atoms with Crippen LogP contribution in [0.15, 0.2) is 12.4 Å². The first-order chi connectivity index (χ1) is 10.9. The summed E-state index contributed by atoms with van der Waals surface area (Å²) in [6.07, 6.45) is 6.34. The average Bonchev–Trinajstić information content (AvgIpc) is 3.19. The maximum absolute atomic E-state index is 14.7. The molecule has 128 valence electrons. The Morgan fingerprint density at radius 3 is 2.70 bits per heavy atom. The van der Waals surface area contributed by atoms with Gasteiger partial charge in [-0.05, 0) is 25.7 Å². The summed E-state index contributed by atoms with van der Waals surface area (Å²) >= 11 is 0. The molecule has 2 heterocycles. The van der Waals surface area contributed by atoms with Crippen LogP contribution in [-0.4, -0.2) is 55.0 Å². The number of alkyl halides is 2. The topological polar surface area (TPSA) is 71.2 Å². The van der Waals surface area contributed by atoms with Crippen molar-refractivity contribution in [2.75, 3.05) is 6.54 Å². The number of hydrogen-bond acceptors (Lipinski definition) is 4. The van der Waals surface area contributed by atoms with E-state index in [1.165, 1.54) is 11.1 Å². The Bertz CT molecular complexity index is 544. The quantitative estimate of drug-likeness (QED) is 0.911. The van der Waals surface area contributed by atoms with Crippen molar-refractivity contribution >= 4 is 5.91 Å². The van der Waals surface area contributed by atoms with Crippen molar-refractivity contribution in [3.05, 3.63) is 12.4 Å². The van der Waals surface area contributed by atoms with Crippen molar-refractivity contribution in [2.45, 2.75) is 69.1 Å². The van der Waals surface area contributed by atoms with E-state index in [2.05, 4.69) is 10.3 Å². The van der Waals surface area contributed by atoms with Crippen LogP contribution in [0.3, 0.4) is 0 Å². The van der Waals surface area contributed by atoms with Crippen LogP contribution in [0, 0.1) is 0 Å². The molecule has 1 saturated carbocycles. The molecule has 8 heteroatoms. The maximum atomic E-state index is 14.7. The second-order valence-electron chi connectivity index (χ2n) is 6.59. The lowest BCUT2D eigenvalue weighted by atomic mass is 9.79. The van der Waals surface area contributed by atoms with Crippen molar-refractivity contribution in [1.82, 2.24) is 19.9 Å². The summed E-state index contributed by atoms with van der Waals surface area (Å²) in [7, 11) is 0. The molecule has 6 nitrogen and oxygen atoms in total. The van der Waals surface area contributed by atoms with E-state index < -0.39 is 17.4 Å². The molecular formula is C15H22F2N4O2. The number of rotatable bonds is 4. The van der Waals surface area contributed by atoms with E-state index in [1.54, 1.807) is 10.9 Å². The van der Waals surface area contributed by atoms with Gasteiger partial charge in [0.25, 0.3) is 5.91 Å². The first-order valence-corrected chi connectivity index (χ1v) is 8.19. The van der Waals surface area contributed by atoms with Gasteiger partial charge in [0.2, 0.25) is 0 Å². The van der Waals surface area contributed by atoms with Crippen LogP contribution in [0.1, 0.15) is 44.9 Å². The van der Waals surface area contributed by atoms with E-state index in [-0.39, 0.29) is 18.9 Å². The number of likely N-dealkylation sites (tertiary alicyclic amines) is 1. The number of carbonyl (C=O) groups excluding carboxylic acids is 1. The summed E-state index contributed by atoms with van der Waals surface area (Å²) in [6.45, 7) is 0.643. The Hall–Kier alpha value is -1.57. The molecule has 0 unspecified atom stereocenters. The van der Waals surface area contributed by atoms with Crippen LogP contribution in [0.4, 0.5) is 8.78 Å². The average molecular weight is 328 g/mol. The van der Waals surface area contributed by atoms with Gasteiger partial charge in [0.05, 0.1) is 18.8 Å². The zero-order valence-corrected chi connectivity index (χ0v) is 13.0. The Morgan fingerprint density at radius 2 is 2.04 bits per heavy atom. The van der Waals surface area contributed by atoms with Gasteiger partial charge in [0, 0.05) is 12.7 Å². The van der Waals surface area contributed by atoms with Gasteiger partial charge in [-0.1, -0.05) is 24.5 Å². The maximum Gasteiger partial charge on any atom is 0.352 e. The Labute approximate surface area is 133 Å². The van der Waals surface area contributed by atoms with E-state index in [0.717, 1.165) is 6.42 Å². The minimum absolute atomic E-state index is 0.0205. The molecule has 0 spiro atoms. The molecule has 0 bridgehead atoms. The predicted octanol–water partition coefficient (Wildman–Crippen LogP) is 1.60. The van der Waals surface area contributed by atoms with Gasteiger partial charge >= 0.3 is 5.92 Å². The van der Waals surface area contributed by atoms with Gasteiger partial charge in [-0.2, -0.15) is 8.78 Å². The van der Waals surface area contributed by atoms with E-state index in [4.69, 9.17) is 0 Å². The highest BCUT2D eigenvalue weighted by molar-refractivity contribution is 5.85. The van der Waals surface area contributed by atoms with Crippen LogP contribution in [0.25, 0.3) is 0 Å².